The molecule has 0 bridgehead atoms. The van der Waals surface area contributed by atoms with Crippen molar-refractivity contribution in [1.29, 1.82) is 0 Å². The topological polar surface area (TPSA) is 34.1 Å². The second-order valence-electron chi connectivity index (χ2n) is 0.806. The molecule has 2 nitrogen and oxygen atoms in total. The van der Waals surface area contributed by atoms with Gasteiger partial charge in [0.15, 0.2) is 0 Å². The Balaban J connectivity index is 4.88. The van der Waals surface area contributed by atoms with Crippen LogP contribution in [0.4, 0.5) is 0 Å². The molecule has 0 heterocycles. The zero-order valence-corrected chi connectivity index (χ0v) is 7.30. The number of thiol groups is 1. The summed E-state index contributed by atoms with van der Waals surface area (Å²) in [5.74, 6) is 0. The number of hydrogen-bond donors (Lipinski definition) is 1. The van der Waals surface area contributed by atoms with Crippen LogP contribution in [0.2, 0.25) is 0 Å². The van der Waals surface area contributed by atoms with E-state index in [9.17, 15) is 6.80 Å². The predicted octanol–water partition coefficient (Wildman–Crippen LogP) is 1.02. The molecule has 0 aliphatic rings. The van der Waals surface area contributed by atoms with Crippen LogP contribution in [0, 0.1) is 0 Å². The average Bonchev–Trinajstić information content (AvgIpc) is 1.27. The van der Waals surface area contributed by atoms with Gasteiger partial charge in [-0.15, -0.1) is 0 Å². The van der Waals surface area contributed by atoms with E-state index in [1.54, 1.807) is 6.92 Å². The van der Waals surface area contributed by atoms with Crippen molar-refractivity contribution in [1.82, 2.24) is 0 Å². The Labute approximate surface area is 54.5 Å². The molecule has 0 spiro atoms. The van der Waals surface area contributed by atoms with Crippen molar-refractivity contribution in [2.45, 2.75) is 6.92 Å². The van der Waals surface area contributed by atoms with Crippen molar-refractivity contribution in [3.63, 3.8) is 0 Å². The Kier molecular flexibility index (Phi) is 4.08. The van der Waals surface area contributed by atoms with Gasteiger partial charge in [0.1, 0.15) is 0 Å². The van der Waals surface area contributed by atoms with Gasteiger partial charge in [-0.2, -0.15) is 0 Å². The molecule has 0 radical (unpaired) electrons. The van der Waals surface area contributed by atoms with Gasteiger partial charge in [-0.05, 0) is 0 Å². The minimum atomic E-state index is -3.17. The summed E-state index contributed by atoms with van der Waals surface area (Å²) in [6.07, 6.45) is 0. The molecule has 42 valence electrons. The van der Waals surface area contributed by atoms with E-state index in [1.165, 1.54) is 0 Å². The third-order valence-corrected chi connectivity index (χ3v) is 4.67. The van der Waals surface area contributed by atoms with Gasteiger partial charge in [0.2, 0.25) is 0 Å². The van der Waals surface area contributed by atoms with Crippen molar-refractivity contribution in [2.24, 2.45) is 0 Å². The second-order valence-corrected chi connectivity index (χ2v) is 6.40. The quantitative estimate of drug-likeness (QED) is 0.375. The van der Waals surface area contributed by atoms with E-state index in [4.69, 9.17) is 0 Å². The normalized spacial score (nSPS) is 7.71. The molecule has 0 saturated carbocycles. The molecule has 7 heavy (non-hydrogen) atoms. The second kappa shape index (κ2) is 3.70. The van der Waals surface area contributed by atoms with Crippen molar-refractivity contribution < 1.29 is 22.2 Å². The van der Waals surface area contributed by atoms with E-state index in [0.717, 1.165) is 8.54 Å². The summed E-state index contributed by atoms with van der Waals surface area (Å²) in [7, 11) is 0.849. The van der Waals surface area contributed by atoms with Gasteiger partial charge in [0.05, 0.1) is 0 Å². The first kappa shape index (κ1) is 7.73. The van der Waals surface area contributed by atoms with Crippen LogP contribution < -0.4 is 0 Å². The van der Waals surface area contributed by atoms with E-state index >= 15 is 0 Å². The summed E-state index contributed by atoms with van der Waals surface area (Å²) >= 11 is 0.587. The molecule has 0 N–H and O–H groups in total. The van der Waals surface area contributed by atoms with Gasteiger partial charge in [-0.3, -0.25) is 0 Å². The number of hydrogen-bond acceptors (Lipinski definition) is 2. The van der Waals surface area contributed by atoms with Crippen LogP contribution in [-0.2, 0) is 22.2 Å². The summed E-state index contributed by atoms with van der Waals surface area (Å²) in [5.41, 5.74) is 0. The van der Waals surface area contributed by atoms with Gasteiger partial charge in [-0.25, -0.2) is 0 Å². The molecule has 0 unspecified atom stereocenters. The molecule has 0 aromatic rings. The van der Waals surface area contributed by atoms with Gasteiger partial charge in [-0.1, -0.05) is 0 Å². The van der Waals surface area contributed by atoms with E-state index in [1.807, 2.05) is 0 Å². The first-order valence-electron chi connectivity index (χ1n) is 1.43. The van der Waals surface area contributed by atoms with Crippen LogP contribution in [0.15, 0.2) is 0 Å². The fraction of sp³-hybridized carbons (Fsp3) is 0.500. The van der Waals surface area contributed by atoms with Crippen LogP contribution in [0.25, 0.3) is 0 Å². The molecule has 0 amide bonds. The Hall–Kier alpha value is 0.728. The van der Waals surface area contributed by atoms with Crippen molar-refractivity contribution in [2.75, 3.05) is 0 Å². The summed E-state index contributed by atoms with van der Waals surface area (Å²) < 4.78 is 20.3. The SMILES string of the molecule is CC(S)=[S]=[Mo](=[O])=[O]. The zero-order valence-electron chi connectivity index (χ0n) is 3.58. The summed E-state index contributed by atoms with van der Waals surface area (Å²) in [4.78, 5) is 0. The molecule has 0 atom stereocenters. The zero-order chi connectivity index (χ0) is 5.86. The molecule has 0 fully saturated rings. The fourth-order valence-electron chi connectivity index (χ4n) is 0.0985. The Morgan fingerprint density at radius 2 is 2.14 bits per heavy atom. The molecule has 0 aliphatic carbocycles. The molecule has 0 aromatic carbocycles. The standard InChI is InChI=1S/C2H4S2.Mo.2O/c1-2(3)4;;;/h1H3,(H,3,4);;;. The molecular weight excluding hydrogens is 216 g/mol. The van der Waals surface area contributed by atoms with E-state index in [2.05, 4.69) is 12.6 Å². The van der Waals surface area contributed by atoms with Crippen LogP contribution in [0.1, 0.15) is 6.92 Å². The third kappa shape index (κ3) is 6.73. The first-order valence-corrected chi connectivity index (χ1v) is 6.71. The number of rotatable bonds is 0. The minimum absolute atomic E-state index is 0.599. The first-order chi connectivity index (χ1) is 3.13. The molecule has 0 aromatic heterocycles. The van der Waals surface area contributed by atoms with Crippen molar-refractivity contribution in [3.05, 3.63) is 0 Å². The summed E-state index contributed by atoms with van der Waals surface area (Å²) in [6, 6.07) is 0. The average molecular weight is 220 g/mol. The molecule has 0 saturated heterocycles. The monoisotopic (exact) mass is 222 g/mol. The maximum atomic E-state index is 9.85. The van der Waals surface area contributed by atoms with Crippen LogP contribution in [0.3, 0.4) is 0 Å². The van der Waals surface area contributed by atoms with Gasteiger partial charge < -0.3 is 0 Å². The van der Waals surface area contributed by atoms with E-state index in [0.29, 0.717) is 4.20 Å². The molecule has 0 rings (SSSR count). The summed E-state index contributed by atoms with van der Waals surface area (Å²) in [6.45, 7) is 1.65. The maximum absolute atomic E-state index is 9.85. The van der Waals surface area contributed by atoms with E-state index < -0.39 is 15.4 Å². The van der Waals surface area contributed by atoms with Gasteiger partial charge >= 0.3 is 54.5 Å². The molecule has 0 aliphatic heterocycles. The van der Waals surface area contributed by atoms with Crippen molar-refractivity contribution >= 4 is 25.4 Å². The van der Waals surface area contributed by atoms with Crippen LogP contribution in [-0.4, -0.2) is 4.20 Å². The van der Waals surface area contributed by atoms with Gasteiger partial charge in [0, 0.05) is 0 Å². The van der Waals surface area contributed by atoms with Crippen molar-refractivity contribution in [3.8, 4) is 0 Å². The predicted molar refractivity (Wildman–Crippen MR) is 28.6 cm³/mol. The van der Waals surface area contributed by atoms with Gasteiger partial charge in [0.25, 0.3) is 0 Å². The fourth-order valence-corrected chi connectivity index (χ4v) is 2.83. The third-order valence-electron chi connectivity index (χ3n) is 0.189. The Morgan fingerprint density at radius 3 is 2.14 bits per heavy atom. The van der Waals surface area contributed by atoms with Crippen LogP contribution >= 0.6 is 21.2 Å². The molecular formula is C2H4MoO2S2. The van der Waals surface area contributed by atoms with Crippen LogP contribution in [0.5, 0.6) is 0 Å². The summed E-state index contributed by atoms with van der Waals surface area (Å²) in [5, 5.41) is 0. The molecule has 5 heteroatoms. The Morgan fingerprint density at radius 1 is 1.71 bits per heavy atom. The Bertz CT molecular complexity index is 196. The van der Waals surface area contributed by atoms with E-state index in [-0.39, 0.29) is 0 Å².